The minimum absolute atomic E-state index is 0.00527. The van der Waals surface area contributed by atoms with Crippen LogP contribution in [0.4, 0.5) is 4.79 Å². The highest BCUT2D eigenvalue weighted by atomic mass is 16.7. The number of unbranched alkanes of at least 4 members (excludes halogenated alkanes) is 34. The van der Waals surface area contributed by atoms with Crippen molar-refractivity contribution in [3.05, 3.63) is 0 Å². The highest BCUT2D eigenvalue weighted by Gasteiger charge is 2.15. The lowest BCUT2D eigenvalue weighted by molar-refractivity contribution is -0.143. The van der Waals surface area contributed by atoms with Gasteiger partial charge in [0, 0.05) is 13.0 Å². The smallest absolute Gasteiger partial charge is 0.466 e. The van der Waals surface area contributed by atoms with E-state index in [4.69, 9.17) is 19.3 Å². The summed E-state index contributed by atoms with van der Waals surface area (Å²) in [6.07, 6.45) is 51.6. The Bertz CT molecular complexity index is 886. The number of aliphatic hydroxyl groups is 1. The average molecular weight is 880 g/mol. The van der Waals surface area contributed by atoms with Crippen LogP contribution in [0, 0.1) is 0 Å². The first kappa shape index (κ1) is 60.7. The zero-order chi connectivity index (χ0) is 45.1. The van der Waals surface area contributed by atoms with Crippen molar-refractivity contribution in [2.45, 2.75) is 303 Å². The second kappa shape index (κ2) is 52.3. The molecule has 0 aliphatic heterocycles. The highest BCUT2D eigenvalue weighted by Crippen LogP contribution is 2.19. The Kier molecular flexibility index (Phi) is 51.2. The van der Waals surface area contributed by atoms with Crippen molar-refractivity contribution in [3.63, 3.8) is 0 Å². The van der Waals surface area contributed by atoms with Crippen LogP contribution < -0.4 is 0 Å². The monoisotopic (exact) mass is 880 g/mol. The lowest BCUT2D eigenvalue weighted by atomic mass is 10.0. The summed E-state index contributed by atoms with van der Waals surface area (Å²) >= 11 is 0. The molecule has 0 aromatic carbocycles. The molecule has 0 spiro atoms. The van der Waals surface area contributed by atoms with Gasteiger partial charge >= 0.3 is 12.1 Å². The van der Waals surface area contributed by atoms with Crippen molar-refractivity contribution in [2.75, 3.05) is 39.5 Å². The largest absolute Gasteiger partial charge is 0.508 e. The van der Waals surface area contributed by atoms with Crippen LogP contribution >= 0.6 is 0 Å². The maximum absolute atomic E-state index is 12.6. The normalized spacial score (nSPS) is 12.0. The molecule has 370 valence electrons. The molecule has 0 fully saturated rings. The third-order valence-electron chi connectivity index (χ3n) is 12.9. The fourth-order valence-electron chi connectivity index (χ4n) is 8.69. The van der Waals surface area contributed by atoms with Gasteiger partial charge in [0.15, 0.2) is 0 Å². The third kappa shape index (κ3) is 48.1. The molecule has 1 atom stereocenters. The molecule has 0 saturated carbocycles. The van der Waals surface area contributed by atoms with Gasteiger partial charge in [0.25, 0.3) is 0 Å². The highest BCUT2D eigenvalue weighted by molar-refractivity contribution is 5.69. The summed E-state index contributed by atoms with van der Waals surface area (Å²) in [6.45, 7) is 11.8. The van der Waals surface area contributed by atoms with Crippen molar-refractivity contribution in [2.24, 2.45) is 0 Å². The molecule has 0 rings (SSSR count). The standard InChI is InChI=1S/C55H109NO6/c1-4-7-10-13-15-17-20-27-36-45-53(44-35-12-9-6-3)62-55(59)61-52-43-34-26-23-31-40-49-56(47-38-29-21-18-16-19-24-32-41-50-57)48-39-30-22-25-33-42-51-60-54(58)46-37-28-14-11-8-5-2/h53,57H,4-52H2,1-3H3. The topological polar surface area (TPSA) is 85.3 Å². The van der Waals surface area contributed by atoms with Crippen molar-refractivity contribution < 1.29 is 28.9 Å². The SMILES string of the molecule is CCCCCCCCCCCC(CCCCCC)OC(=O)OCCCCCCCCN(CCCCCCCCCCCO)CCCCCCCCOC(=O)CCCCCCCC. The minimum Gasteiger partial charge on any atom is -0.466 e. The maximum atomic E-state index is 12.6. The Balaban J connectivity index is 4.28. The first-order valence-corrected chi connectivity index (χ1v) is 27.9. The van der Waals surface area contributed by atoms with Crippen molar-refractivity contribution in [1.29, 1.82) is 0 Å². The number of hydrogen-bond donors (Lipinski definition) is 1. The number of aliphatic hydroxyl groups excluding tert-OH is 1. The summed E-state index contributed by atoms with van der Waals surface area (Å²) in [4.78, 5) is 27.3. The maximum Gasteiger partial charge on any atom is 0.508 e. The van der Waals surface area contributed by atoms with Crippen LogP contribution in [0.3, 0.4) is 0 Å². The molecule has 0 aliphatic carbocycles. The molecular weight excluding hydrogens is 771 g/mol. The van der Waals surface area contributed by atoms with Gasteiger partial charge in [-0.05, 0) is 90.3 Å². The molecule has 7 nitrogen and oxygen atoms in total. The number of rotatable bonds is 52. The Morgan fingerprint density at radius 3 is 1.13 bits per heavy atom. The van der Waals surface area contributed by atoms with Gasteiger partial charge in [0.1, 0.15) is 6.10 Å². The van der Waals surface area contributed by atoms with Crippen LogP contribution in [0.15, 0.2) is 0 Å². The number of ether oxygens (including phenoxy) is 3. The van der Waals surface area contributed by atoms with E-state index in [-0.39, 0.29) is 12.1 Å². The summed E-state index contributed by atoms with van der Waals surface area (Å²) in [5.74, 6) is -0.00527. The van der Waals surface area contributed by atoms with Crippen LogP contribution in [-0.4, -0.2) is 67.7 Å². The van der Waals surface area contributed by atoms with E-state index in [9.17, 15) is 9.59 Å². The summed E-state index contributed by atoms with van der Waals surface area (Å²) in [5, 5.41) is 8.98. The molecule has 1 N–H and O–H groups in total. The first-order chi connectivity index (χ1) is 30.6. The average Bonchev–Trinajstić information content (AvgIpc) is 3.27. The molecule has 0 aromatic heterocycles. The number of hydrogen-bond acceptors (Lipinski definition) is 7. The van der Waals surface area contributed by atoms with Gasteiger partial charge in [-0.25, -0.2) is 4.79 Å². The van der Waals surface area contributed by atoms with E-state index in [0.717, 1.165) is 70.6 Å². The lowest BCUT2D eigenvalue weighted by Crippen LogP contribution is -2.27. The molecule has 7 heteroatoms. The van der Waals surface area contributed by atoms with Gasteiger partial charge in [-0.2, -0.15) is 0 Å². The van der Waals surface area contributed by atoms with Gasteiger partial charge < -0.3 is 24.2 Å². The van der Waals surface area contributed by atoms with E-state index in [0.29, 0.717) is 26.2 Å². The number of carbonyl (C=O) groups excluding carboxylic acids is 2. The molecule has 0 aliphatic rings. The van der Waals surface area contributed by atoms with Crippen LogP contribution in [0.2, 0.25) is 0 Å². The number of esters is 1. The van der Waals surface area contributed by atoms with Crippen LogP contribution in [0.1, 0.15) is 297 Å². The third-order valence-corrected chi connectivity index (χ3v) is 12.9. The Morgan fingerprint density at radius 2 is 0.710 bits per heavy atom. The van der Waals surface area contributed by atoms with E-state index in [1.165, 1.54) is 219 Å². The van der Waals surface area contributed by atoms with Gasteiger partial charge in [-0.1, -0.05) is 220 Å². The summed E-state index contributed by atoms with van der Waals surface area (Å²) < 4.78 is 16.9. The van der Waals surface area contributed by atoms with Crippen molar-refractivity contribution in [3.8, 4) is 0 Å². The molecule has 0 radical (unpaired) electrons. The molecule has 0 saturated heterocycles. The first-order valence-electron chi connectivity index (χ1n) is 27.9. The van der Waals surface area contributed by atoms with E-state index < -0.39 is 6.16 Å². The Morgan fingerprint density at radius 1 is 0.387 bits per heavy atom. The van der Waals surface area contributed by atoms with Gasteiger partial charge in [0.05, 0.1) is 13.2 Å². The Labute approximate surface area is 387 Å². The number of carbonyl (C=O) groups is 2. The minimum atomic E-state index is -0.451. The van der Waals surface area contributed by atoms with Crippen LogP contribution in [0.5, 0.6) is 0 Å². The van der Waals surface area contributed by atoms with Gasteiger partial charge in [-0.3, -0.25) is 4.79 Å². The van der Waals surface area contributed by atoms with Crippen LogP contribution in [-0.2, 0) is 19.0 Å². The molecular formula is C55H109NO6. The zero-order valence-corrected chi connectivity index (χ0v) is 42.2. The fourth-order valence-corrected chi connectivity index (χ4v) is 8.69. The van der Waals surface area contributed by atoms with E-state index in [2.05, 4.69) is 25.7 Å². The van der Waals surface area contributed by atoms with Gasteiger partial charge in [-0.15, -0.1) is 0 Å². The summed E-state index contributed by atoms with van der Waals surface area (Å²) in [5.41, 5.74) is 0. The summed E-state index contributed by atoms with van der Waals surface area (Å²) in [7, 11) is 0. The number of nitrogens with zero attached hydrogens (tertiary/aromatic N) is 1. The molecule has 0 amide bonds. The molecule has 62 heavy (non-hydrogen) atoms. The second-order valence-corrected chi connectivity index (χ2v) is 19.0. The van der Waals surface area contributed by atoms with Crippen LogP contribution in [0.25, 0.3) is 0 Å². The van der Waals surface area contributed by atoms with Gasteiger partial charge in [0.2, 0.25) is 0 Å². The molecule has 0 heterocycles. The predicted octanol–water partition coefficient (Wildman–Crippen LogP) is 17.2. The zero-order valence-electron chi connectivity index (χ0n) is 42.2. The quantitative estimate of drug-likeness (QED) is 0.0481. The fraction of sp³-hybridized carbons (Fsp3) is 0.964. The lowest BCUT2D eigenvalue weighted by Gasteiger charge is -2.22. The molecule has 0 aromatic rings. The molecule has 1 unspecified atom stereocenters. The van der Waals surface area contributed by atoms with E-state index >= 15 is 0 Å². The Hall–Kier alpha value is -1.34. The summed E-state index contributed by atoms with van der Waals surface area (Å²) in [6, 6.07) is 0. The molecule has 0 bridgehead atoms. The van der Waals surface area contributed by atoms with Crippen molar-refractivity contribution in [1.82, 2.24) is 4.90 Å². The second-order valence-electron chi connectivity index (χ2n) is 19.0. The van der Waals surface area contributed by atoms with E-state index in [1.807, 2.05) is 0 Å². The van der Waals surface area contributed by atoms with E-state index in [1.54, 1.807) is 0 Å². The van der Waals surface area contributed by atoms with Crippen molar-refractivity contribution >= 4 is 12.1 Å². The predicted molar refractivity (Wildman–Crippen MR) is 266 cm³/mol.